The van der Waals surface area contributed by atoms with Crippen molar-refractivity contribution in [3.63, 3.8) is 0 Å². The van der Waals surface area contributed by atoms with Crippen LogP contribution in [0.2, 0.25) is 0 Å². The highest BCUT2D eigenvalue weighted by Gasteiger charge is 2.20. The van der Waals surface area contributed by atoms with E-state index in [9.17, 15) is 9.59 Å². The van der Waals surface area contributed by atoms with E-state index >= 15 is 0 Å². The SMILES string of the molecule is CCn1c(SC(C)C(=O)Nc2cccc(C(C)=O)c2)nnc1-c1cccc(C)c1. The summed E-state index contributed by atoms with van der Waals surface area (Å²) in [6, 6.07) is 15.1. The molecule has 0 aliphatic carbocycles. The van der Waals surface area contributed by atoms with Crippen molar-refractivity contribution >= 4 is 29.1 Å². The van der Waals surface area contributed by atoms with Gasteiger partial charge in [0.2, 0.25) is 5.91 Å². The van der Waals surface area contributed by atoms with Gasteiger partial charge in [0.05, 0.1) is 5.25 Å². The number of aryl methyl sites for hydroxylation is 1. The lowest BCUT2D eigenvalue weighted by molar-refractivity contribution is -0.115. The van der Waals surface area contributed by atoms with E-state index in [2.05, 4.69) is 21.6 Å². The normalized spacial score (nSPS) is 11.9. The molecule has 150 valence electrons. The number of ketones is 1. The van der Waals surface area contributed by atoms with Crippen molar-refractivity contribution in [1.82, 2.24) is 14.8 Å². The van der Waals surface area contributed by atoms with Gasteiger partial charge in [0.1, 0.15) is 0 Å². The van der Waals surface area contributed by atoms with Crippen molar-refractivity contribution in [3.8, 4) is 11.4 Å². The summed E-state index contributed by atoms with van der Waals surface area (Å²) in [5.74, 6) is 0.599. The Balaban J connectivity index is 1.75. The van der Waals surface area contributed by atoms with E-state index in [0.29, 0.717) is 23.0 Å². The Morgan fingerprint density at radius 3 is 2.59 bits per heavy atom. The van der Waals surface area contributed by atoms with Gasteiger partial charge in [-0.25, -0.2) is 0 Å². The number of rotatable bonds is 7. The molecule has 0 saturated carbocycles. The highest BCUT2D eigenvalue weighted by atomic mass is 32.2. The van der Waals surface area contributed by atoms with E-state index in [1.807, 2.05) is 43.5 Å². The molecule has 0 aliphatic heterocycles. The Morgan fingerprint density at radius 2 is 1.90 bits per heavy atom. The van der Waals surface area contributed by atoms with Crippen molar-refractivity contribution in [2.45, 2.75) is 44.6 Å². The van der Waals surface area contributed by atoms with E-state index in [4.69, 9.17) is 0 Å². The molecule has 7 heteroatoms. The standard InChI is InChI=1S/C22H24N4O2S/c1-5-26-20(18-10-6-8-14(2)12-18)24-25-22(26)29-16(4)21(28)23-19-11-7-9-17(13-19)15(3)27/h6-13,16H,5H2,1-4H3,(H,23,28). The third-order valence-corrected chi connectivity index (χ3v) is 5.58. The average Bonchev–Trinajstić information content (AvgIpc) is 3.10. The first-order chi connectivity index (χ1) is 13.9. The second kappa shape index (κ2) is 9.05. The lowest BCUT2D eigenvalue weighted by Gasteiger charge is -2.13. The predicted octanol–water partition coefficient (Wildman–Crippen LogP) is 4.60. The van der Waals surface area contributed by atoms with E-state index < -0.39 is 0 Å². The van der Waals surface area contributed by atoms with E-state index in [-0.39, 0.29) is 16.9 Å². The average molecular weight is 409 g/mol. The zero-order valence-corrected chi connectivity index (χ0v) is 17.8. The molecule has 0 saturated heterocycles. The summed E-state index contributed by atoms with van der Waals surface area (Å²) >= 11 is 1.36. The number of hydrogen-bond donors (Lipinski definition) is 1. The van der Waals surface area contributed by atoms with Crippen LogP contribution in [0.4, 0.5) is 5.69 Å². The Bertz CT molecular complexity index is 1040. The van der Waals surface area contributed by atoms with Crippen molar-refractivity contribution in [2.24, 2.45) is 0 Å². The van der Waals surface area contributed by atoms with Crippen molar-refractivity contribution in [3.05, 3.63) is 59.7 Å². The first-order valence-corrected chi connectivity index (χ1v) is 10.4. The van der Waals surface area contributed by atoms with Gasteiger partial charge in [0.15, 0.2) is 16.8 Å². The van der Waals surface area contributed by atoms with E-state index in [1.54, 1.807) is 24.3 Å². The van der Waals surface area contributed by atoms with Gasteiger partial charge in [-0.05, 0) is 45.9 Å². The third-order valence-electron chi connectivity index (χ3n) is 4.50. The minimum atomic E-state index is -0.379. The van der Waals surface area contributed by atoms with Crippen LogP contribution in [0.25, 0.3) is 11.4 Å². The Kier molecular flexibility index (Phi) is 6.49. The molecule has 0 radical (unpaired) electrons. The first kappa shape index (κ1) is 20.8. The van der Waals surface area contributed by atoms with Gasteiger partial charge in [-0.3, -0.25) is 9.59 Å². The number of carbonyl (C=O) groups is 2. The van der Waals surface area contributed by atoms with Crippen LogP contribution < -0.4 is 5.32 Å². The molecule has 29 heavy (non-hydrogen) atoms. The Morgan fingerprint density at radius 1 is 1.14 bits per heavy atom. The summed E-state index contributed by atoms with van der Waals surface area (Å²) in [6.07, 6.45) is 0. The van der Waals surface area contributed by atoms with Crippen LogP contribution in [-0.2, 0) is 11.3 Å². The second-order valence-corrected chi connectivity index (χ2v) is 8.11. The number of amides is 1. The van der Waals surface area contributed by atoms with Crippen LogP contribution in [0.1, 0.15) is 36.7 Å². The number of anilines is 1. The van der Waals surface area contributed by atoms with Gasteiger partial charge in [-0.1, -0.05) is 47.7 Å². The lowest BCUT2D eigenvalue weighted by Crippen LogP contribution is -2.23. The minimum Gasteiger partial charge on any atom is -0.325 e. The molecule has 0 aliphatic rings. The zero-order chi connectivity index (χ0) is 21.0. The second-order valence-electron chi connectivity index (χ2n) is 6.81. The summed E-state index contributed by atoms with van der Waals surface area (Å²) in [7, 11) is 0. The fourth-order valence-corrected chi connectivity index (χ4v) is 3.84. The number of hydrogen-bond acceptors (Lipinski definition) is 5. The van der Waals surface area contributed by atoms with Gasteiger partial charge in [-0.15, -0.1) is 10.2 Å². The quantitative estimate of drug-likeness (QED) is 0.457. The summed E-state index contributed by atoms with van der Waals surface area (Å²) in [5, 5.41) is 11.9. The molecule has 0 bridgehead atoms. The molecule has 1 atom stereocenters. The van der Waals surface area contributed by atoms with Gasteiger partial charge in [0, 0.05) is 23.4 Å². The minimum absolute atomic E-state index is 0.0387. The zero-order valence-electron chi connectivity index (χ0n) is 17.0. The third kappa shape index (κ3) is 4.92. The summed E-state index contributed by atoms with van der Waals surface area (Å²) < 4.78 is 2.01. The molecule has 2 aromatic carbocycles. The molecular weight excluding hydrogens is 384 g/mol. The van der Waals surface area contributed by atoms with Crippen LogP contribution in [-0.4, -0.2) is 31.7 Å². The number of benzene rings is 2. The number of nitrogens with one attached hydrogen (secondary N) is 1. The summed E-state index contributed by atoms with van der Waals surface area (Å²) in [6.45, 7) is 8.11. The number of thioether (sulfide) groups is 1. The predicted molar refractivity (Wildman–Crippen MR) is 116 cm³/mol. The molecule has 3 aromatic rings. The number of aromatic nitrogens is 3. The van der Waals surface area contributed by atoms with Crippen LogP contribution >= 0.6 is 11.8 Å². The monoisotopic (exact) mass is 408 g/mol. The molecule has 3 rings (SSSR count). The van der Waals surface area contributed by atoms with Crippen molar-refractivity contribution in [1.29, 1.82) is 0 Å². The van der Waals surface area contributed by atoms with Gasteiger partial charge >= 0.3 is 0 Å². The van der Waals surface area contributed by atoms with Gasteiger partial charge < -0.3 is 9.88 Å². The largest absolute Gasteiger partial charge is 0.325 e. The number of Topliss-reactive ketones (excluding diaryl/α,β-unsaturated/α-hetero) is 1. The summed E-state index contributed by atoms with van der Waals surface area (Å²) in [4.78, 5) is 24.2. The summed E-state index contributed by atoms with van der Waals surface area (Å²) in [5.41, 5.74) is 3.33. The number of nitrogens with zero attached hydrogens (tertiary/aromatic N) is 3. The number of carbonyl (C=O) groups excluding carboxylic acids is 2. The maximum Gasteiger partial charge on any atom is 0.237 e. The van der Waals surface area contributed by atoms with Crippen molar-refractivity contribution < 1.29 is 9.59 Å². The molecule has 1 aromatic heterocycles. The first-order valence-electron chi connectivity index (χ1n) is 9.47. The molecule has 0 spiro atoms. The van der Waals surface area contributed by atoms with Crippen LogP contribution in [0.15, 0.2) is 53.7 Å². The Labute approximate surface area is 174 Å². The molecular formula is C22H24N4O2S. The molecule has 1 unspecified atom stereocenters. The molecule has 1 N–H and O–H groups in total. The van der Waals surface area contributed by atoms with E-state index in [0.717, 1.165) is 17.0 Å². The van der Waals surface area contributed by atoms with Crippen LogP contribution in [0.5, 0.6) is 0 Å². The molecule has 1 heterocycles. The highest BCUT2D eigenvalue weighted by Crippen LogP contribution is 2.27. The van der Waals surface area contributed by atoms with Crippen LogP contribution in [0, 0.1) is 6.92 Å². The fourth-order valence-electron chi connectivity index (χ4n) is 2.93. The topological polar surface area (TPSA) is 76.9 Å². The van der Waals surface area contributed by atoms with Crippen LogP contribution in [0.3, 0.4) is 0 Å². The maximum atomic E-state index is 12.6. The van der Waals surface area contributed by atoms with Crippen molar-refractivity contribution in [2.75, 3.05) is 5.32 Å². The smallest absolute Gasteiger partial charge is 0.237 e. The molecule has 0 fully saturated rings. The Hall–Kier alpha value is -2.93. The highest BCUT2D eigenvalue weighted by molar-refractivity contribution is 8.00. The van der Waals surface area contributed by atoms with Gasteiger partial charge in [-0.2, -0.15) is 0 Å². The maximum absolute atomic E-state index is 12.6. The fraction of sp³-hybridized carbons (Fsp3) is 0.273. The van der Waals surface area contributed by atoms with E-state index in [1.165, 1.54) is 18.7 Å². The lowest BCUT2D eigenvalue weighted by atomic mass is 10.1. The molecule has 1 amide bonds. The van der Waals surface area contributed by atoms with Gasteiger partial charge in [0.25, 0.3) is 0 Å². The molecule has 6 nitrogen and oxygen atoms in total.